The molecule has 128 valence electrons. The molecule has 0 amide bonds. The fourth-order valence-electron chi connectivity index (χ4n) is 2.24. The molecule has 0 atom stereocenters. The molecular weight excluding hydrogens is 358 g/mol. The van der Waals surface area contributed by atoms with Crippen LogP contribution in [0.25, 0.3) is 10.6 Å². The van der Waals surface area contributed by atoms with Gasteiger partial charge in [-0.25, -0.2) is 4.98 Å². The third-order valence-electron chi connectivity index (χ3n) is 3.51. The molecule has 0 spiro atoms. The van der Waals surface area contributed by atoms with E-state index < -0.39 is 0 Å². The molecule has 4 nitrogen and oxygen atoms in total. The highest BCUT2D eigenvalue weighted by Gasteiger charge is 2.09. The van der Waals surface area contributed by atoms with Crippen molar-refractivity contribution in [3.05, 3.63) is 70.2 Å². The predicted molar refractivity (Wildman–Crippen MR) is 99.1 cm³/mol. The normalized spacial score (nSPS) is 10.5. The van der Waals surface area contributed by atoms with Gasteiger partial charge in [0.05, 0.1) is 19.2 Å². The van der Waals surface area contributed by atoms with Crippen LogP contribution in [0.4, 0.5) is 0 Å². The van der Waals surface area contributed by atoms with Gasteiger partial charge < -0.3 is 9.47 Å². The number of hydrogen-bond acceptors (Lipinski definition) is 5. The number of benzene rings is 2. The van der Waals surface area contributed by atoms with Crippen molar-refractivity contribution < 1.29 is 14.3 Å². The number of nitrogens with zero attached hydrogens (tertiary/aromatic N) is 1. The molecule has 0 aliphatic rings. The van der Waals surface area contributed by atoms with Crippen LogP contribution in [0, 0.1) is 0 Å². The van der Waals surface area contributed by atoms with Crippen molar-refractivity contribution in [3.8, 4) is 16.3 Å². The minimum Gasteiger partial charge on any atom is -0.497 e. The number of esters is 1. The second kappa shape index (κ2) is 8.14. The summed E-state index contributed by atoms with van der Waals surface area (Å²) >= 11 is 7.34. The fraction of sp³-hybridized carbons (Fsp3) is 0.158. The van der Waals surface area contributed by atoms with Gasteiger partial charge in [-0.2, -0.15) is 0 Å². The van der Waals surface area contributed by atoms with Crippen LogP contribution in [-0.4, -0.2) is 18.1 Å². The zero-order valence-corrected chi connectivity index (χ0v) is 15.1. The van der Waals surface area contributed by atoms with Gasteiger partial charge in [0.15, 0.2) is 0 Å². The average molecular weight is 374 g/mol. The number of halogens is 1. The summed E-state index contributed by atoms with van der Waals surface area (Å²) in [7, 11) is 1.63. The van der Waals surface area contributed by atoms with Crippen LogP contribution in [0.5, 0.6) is 5.75 Å². The van der Waals surface area contributed by atoms with Crippen LogP contribution < -0.4 is 4.74 Å². The molecule has 0 bridgehead atoms. The molecule has 0 N–H and O–H groups in total. The van der Waals surface area contributed by atoms with Crippen molar-refractivity contribution >= 4 is 28.9 Å². The standard InChI is InChI=1S/C19H16ClNO3S/c1-23-17-4-2-3-14(10-17)19-21-16(12-25-19)11-24-18(22)9-13-5-7-15(20)8-6-13/h2-8,10,12H,9,11H2,1H3. The highest BCUT2D eigenvalue weighted by atomic mass is 35.5. The number of methoxy groups -OCH3 is 1. The van der Waals surface area contributed by atoms with Crippen LogP contribution in [0.1, 0.15) is 11.3 Å². The molecule has 1 aromatic heterocycles. The number of carbonyl (C=O) groups is 1. The molecule has 0 aliphatic heterocycles. The summed E-state index contributed by atoms with van der Waals surface area (Å²) in [6.45, 7) is 0.160. The quantitative estimate of drug-likeness (QED) is 0.584. The Kier molecular flexibility index (Phi) is 5.68. The zero-order chi connectivity index (χ0) is 17.6. The lowest BCUT2D eigenvalue weighted by Crippen LogP contribution is -2.08. The van der Waals surface area contributed by atoms with Crippen molar-refractivity contribution in [2.45, 2.75) is 13.0 Å². The number of carbonyl (C=O) groups excluding carboxylic acids is 1. The van der Waals surface area contributed by atoms with Crippen molar-refractivity contribution in [1.29, 1.82) is 0 Å². The summed E-state index contributed by atoms with van der Waals surface area (Å²) < 4.78 is 10.5. The first-order valence-electron chi connectivity index (χ1n) is 7.63. The maximum absolute atomic E-state index is 11.9. The molecule has 0 saturated carbocycles. The van der Waals surface area contributed by atoms with Crippen molar-refractivity contribution in [2.75, 3.05) is 7.11 Å². The third kappa shape index (κ3) is 4.81. The SMILES string of the molecule is COc1cccc(-c2nc(COC(=O)Cc3ccc(Cl)cc3)cs2)c1. The van der Waals surface area contributed by atoms with E-state index >= 15 is 0 Å². The predicted octanol–water partition coefficient (Wildman–Crippen LogP) is 4.76. The lowest BCUT2D eigenvalue weighted by molar-refractivity contribution is -0.144. The van der Waals surface area contributed by atoms with E-state index in [2.05, 4.69) is 4.98 Å². The molecule has 25 heavy (non-hydrogen) atoms. The van der Waals surface area contributed by atoms with Gasteiger partial charge in [0, 0.05) is 16.0 Å². The van der Waals surface area contributed by atoms with Gasteiger partial charge in [-0.3, -0.25) is 4.79 Å². The first-order chi connectivity index (χ1) is 12.1. The largest absolute Gasteiger partial charge is 0.497 e. The molecular formula is C19H16ClNO3S. The smallest absolute Gasteiger partial charge is 0.310 e. The summed E-state index contributed by atoms with van der Waals surface area (Å²) in [5.74, 6) is 0.488. The van der Waals surface area contributed by atoms with E-state index in [1.165, 1.54) is 11.3 Å². The van der Waals surface area contributed by atoms with E-state index in [4.69, 9.17) is 21.1 Å². The van der Waals surface area contributed by atoms with Crippen LogP contribution in [0.15, 0.2) is 53.9 Å². The second-order valence-electron chi connectivity index (χ2n) is 5.34. The lowest BCUT2D eigenvalue weighted by atomic mass is 10.1. The monoisotopic (exact) mass is 373 g/mol. The highest BCUT2D eigenvalue weighted by Crippen LogP contribution is 2.27. The first-order valence-corrected chi connectivity index (χ1v) is 8.89. The topological polar surface area (TPSA) is 48.4 Å². The maximum Gasteiger partial charge on any atom is 0.310 e. The van der Waals surface area contributed by atoms with Crippen LogP contribution >= 0.6 is 22.9 Å². The lowest BCUT2D eigenvalue weighted by Gasteiger charge is -2.03. The van der Waals surface area contributed by atoms with E-state index in [0.717, 1.165) is 27.6 Å². The molecule has 6 heteroatoms. The molecule has 0 aliphatic carbocycles. The Bertz CT molecular complexity index is 861. The number of thiazole rings is 1. The average Bonchev–Trinajstić information content (AvgIpc) is 3.11. The van der Waals surface area contributed by atoms with Gasteiger partial charge in [-0.15, -0.1) is 11.3 Å². The van der Waals surface area contributed by atoms with E-state index in [9.17, 15) is 4.79 Å². The van der Waals surface area contributed by atoms with Crippen molar-refractivity contribution in [3.63, 3.8) is 0 Å². The number of ether oxygens (including phenoxy) is 2. The fourth-order valence-corrected chi connectivity index (χ4v) is 3.16. The Morgan fingerprint density at radius 1 is 1.20 bits per heavy atom. The Labute approximate surface area is 155 Å². The van der Waals surface area contributed by atoms with Gasteiger partial charge in [0.1, 0.15) is 17.4 Å². The third-order valence-corrected chi connectivity index (χ3v) is 4.70. The van der Waals surface area contributed by atoms with Crippen molar-refractivity contribution in [2.24, 2.45) is 0 Å². The Morgan fingerprint density at radius 2 is 2.00 bits per heavy atom. The van der Waals surface area contributed by atoms with E-state index in [1.807, 2.05) is 41.8 Å². The Balaban J connectivity index is 1.57. The molecule has 0 saturated heterocycles. The zero-order valence-electron chi connectivity index (χ0n) is 13.6. The summed E-state index contributed by atoms with van der Waals surface area (Å²) in [5.41, 5.74) is 2.57. The Hall–Kier alpha value is -2.37. The van der Waals surface area contributed by atoms with Gasteiger partial charge >= 0.3 is 5.97 Å². The van der Waals surface area contributed by atoms with Crippen LogP contribution in [-0.2, 0) is 22.6 Å². The number of rotatable bonds is 6. The molecule has 0 unspecified atom stereocenters. The number of aromatic nitrogens is 1. The summed E-state index contributed by atoms with van der Waals surface area (Å²) in [6.07, 6.45) is 0.212. The van der Waals surface area contributed by atoms with Crippen LogP contribution in [0.2, 0.25) is 5.02 Å². The van der Waals surface area contributed by atoms with E-state index in [0.29, 0.717) is 5.02 Å². The summed E-state index contributed by atoms with van der Waals surface area (Å²) in [5, 5.41) is 3.40. The highest BCUT2D eigenvalue weighted by molar-refractivity contribution is 7.13. The first kappa shape index (κ1) is 17.5. The van der Waals surface area contributed by atoms with E-state index in [1.54, 1.807) is 19.2 Å². The maximum atomic E-state index is 11.9. The van der Waals surface area contributed by atoms with Gasteiger partial charge in [-0.05, 0) is 29.8 Å². The van der Waals surface area contributed by atoms with E-state index in [-0.39, 0.29) is 19.0 Å². The van der Waals surface area contributed by atoms with Gasteiger partial charge in [0.25, 0.3) is 0 Å². The van der Waals surface area contributed by atoms with Gasteiger partial charge in [-0.1, -0.05) is 35.9 Å². The molecule has 3 rings (SSSR count). The summed E-state index contributed by atoms with van der Waals surface area (Å²) in [6, 6.07) is 14.8. The molecule has 0 fully saturated rings. The molecule has 3 aromatic rings. The van der Waals surface area contributed by atoms with Crippen molar-refractivity contribution in [1.82, 2.24) is 4.98 Å². The second-order valence-corrected chi connectivity index (χ2v) is 6.63. The minimum atomic E-state index is -0.293. The number of hydrogen-bond donors (Lipinski definition) is 0. The van der Waals surface area contributed by atoms with Gasteiger partial charge in [0.2, 0.25) is 0 Å². The van der Waals surface area contributed by atoms with Crippen LogP contribution in [0.3, 0.4) is 0 Å². The summed E-state index contributed by atoms with van der Waals surface area (Å²) in [4.78, 5) is 16.4. The Morgan fingerprint density at radius 3 is 2.76 bits per heavy atom. The molecule has 2 aromatic carbocycles. The molecule has 1 heterocycles. The molecule has 0 radical (unpaired) electrons. The minimum absolute atomic E-state index is 0.160.